The van der Waals surface area contributed by atoms with Crippen molar-refractivity contribution in [3.8, 4) is 0 Å². The Morgan fingerprint density at radius 2 is 1.85 bits per heavy atom. The number of ether oxygens (including phenoxy) is 2. The number of hydrogen-bond acceptors (Lipinski definition) is 3. The van der Waals surface area contributed by atoms with E-state index in [0.29, 0.717) is 31.3 Å². The van der Waals surface area contributed by atoms with Crippen LogP contribution in [0.25, 0.3) is 0 Å². The van der Waals surface area contributed by atoms with Crippen molar-refractivity contribution in [3.63, 3.8) is 0 Å². The Bertz CT molecular complexity index is 543. The molecule has 0 saturated carbocycles. The zero-order valence-electron chi connectivity index (χ0n) is 15.8. The fourth-order valence-corrected chi connectivity index (χ4v) is 2.14. The van der Waals surface area contributed by atoms with Crippen molar-refractivity contribution in [2.24, 2.45) is 4.99 Å². The van der Waals surface area contributed by atoms with E-state index < -0.39 is 12.8 Å². The van der Waals surface area contributed by atoms with Crippen LogP contribution in [0.3, 0.4) is 0 Å². The van der Waals surface area contributed by atoms with E-state index in [9.17, 15) is 13.2 Å². The number of nitrogens with one attached hydrogen (secondary N) is 2. The summed E-state index contributed by atoms with van der Waals surface area (Å²) in [5, 5.41) is 6.38. The van der Waals surface area contributed by atoms with Gasteiger partial charge < -0.3 is 20.1 Å². The maximum absolute atomic E-state index is 12.1. The minimum Gasteiger partial charge on any atom is -0.382 e. The Balaban J connectivity index is 0.00000676. The van der Waals surface area contributed by atoms with Crippen molar-refractivity contribution < 1.29 is 22.6 Å². The molecule has 0 unspecified atom stereocenters. The minimum atomic E-state index is -4.31. The molecule has 0 bridgehead atoms. The van der Waals surface area contributed by atoms with E-state index in [1.165, 1.54) is 0 Å². The van der Waals surface area contributed by atoms with Gasteiger partial charge in [0.2, 0.25) is 0 Å². The van der Waals surface area contributed by atoms with Crippen LogP contribution in [0.2, 0.25) is 0 Å². The molecule has 0 radical (unpaired) electrons. The highest BCUT2D eigenvalue weighted by Crippen LogP contribution is 2.16. The molecule has 0 aromatic heterocycles. The summed E-state index contributed by atoms with van der Waals surface area (Å²) in [5.74, 6) is 0.697. The maximum Gasteiger partial charge on any atom is 0.411 e. The molecular weight excluding hydrogens is 474 g/mol. The first-order chi connectivity index (χ1) is 12.4. The van der Waals surface area contributed by atoms with Crippen LogP contribution in [0.4, 0.5) is 13.2 Å². The lowest BCUT2D eigenvalue weighted by Gasteiger charge is -2.12. The van der Waals surface area contributed by atoms with Crippen LogP contribution in [0.15, 0.2) is 29.3 Å². The third-order valence-electron chi connectivity index (χ3n) is 3.25. The van der Waals surface area contributed by atoms with E-state index in [4.69, 9.17) is 9.47 Å². The fourth-order valence-electron chi connectivity index (χ4n) is 2.14. The number of guanidine groups is 1. The van der Waals surface area contributed by atoms with E-state index >= 15 is 0 Å². The van der Waals surface area contributed by atoms with Gasteiger partial charge >= 0.3 is 6.18 Å². The van der Waals surface area contributed by atoms with Crippen LogP contribution in [0.5, 0.6) is 0 Å². The maximum atomic E-state index is 12.1. The van der Waals surface area contributed by atoms with Crippen LogP contribution in [-0.4, -0.2) is 45.0 Å². The van der Waals surface area contributed by atoms with E-state index in [1.807, 2.05) is 19.9 Å². The van der Waals surface area contributed by atoms with Gasteiger partial charge in [-0.25, -0.2) is 4.99 Å². The monoisotopic (exact) mass is 503 g/mol. The molecule has 0 amide bonds. The summed E-state index contributed by atoms with van der Waals surface area (Å²) in [6.45, 7) is 5.93. The second-order valence-electron chi connectivity index (χ2n) is 5.60. The average molecular weight is 503 g/mol. The summed E-state index contributed by atoms with van der Waals surface area (Å²) in [6, 6.07) is 7.22. The van der Waals surface area contributed by atoms with E-state index in [2.05, 4.69) is 15.6 Å². The molecule has 1 aromatic rings. The Morgan fingerprint density at radius 3 is 2.52 bits per heavy atom. The summed E-state index contributed by atoms with van der Waals surface area (Å²) in [7, 11) is 0. The molecule has 0 saturated heterocycles. The highest BCUT2D eigenvalue weighted by molar-refractivity contribution is 14.0. The summed E-state index contributed by atoms with van der Waals surface area (Å²) in [5.41, 5.74) is 1.60. The van der Waals surface area contributed by atoms with Crippen molar-refractivity contribution in [1.82, 2.24) is 10.6 Å². The van der Waals surface area contributed by atoms with Gasteiger partial charge in [0.25, 0.3) is 0 Å². The van der Waals surface area contributed by atoms with Gasteiger partial charge in [-0.3, -0.25) is 0 Å². The topological polar surface area (TPSA) is 54.9 Å². The zero-order chi connectivity index (χ0) is 19.3. The molecule has 9 heteroatoms. The highest BCUT2D eigenvalue weighted by atomic mass is 127. The predicted octanol–water partition coefficient (Wildman–Crippen LogP) is 3.87. The lowest BCUT2D eigenvalue weighted by atomic mass is 10.1. The highest BCUT2D eigenvalue weighted by Gasteiger charge is 2.27. The first kappa shape index (κ1) is 25.9. The van der Waals surface area contributed by atoms with Crippen LogP contribution < -0.4 is 10.6 Å². The van der Waals surface area contributed by atoms with E-state index in [0.717, 1.165) is 25.1 Å². The van der Waals surface area contributed by atoms with Crippen molar-refractivity contribution in [2.75, 3.05) is 32.9 Å². The Kier molecular flexibility index (Phi) is 14.3. The molecule has 156 valence electrons. The number of benzene rings is 1. The molecule has 0 atom stereocenters. The molecule has 27 heavy (non-hydrogen) atoms. The van der Waals surface area contributed by atoms with Gasteiger partial charge in [0.1, 0.15) is 6.61 Å². The zero-order valence-corrected chi connectivity index (χ0v) is 18.1. The van der Waals surface area contributed by atoms with Crippen molar-refractivity contribution in [2.45, 2.75) is 39.6 Å². The number of aliphatic imine (C=N–C) groups is 1. The average Bonchev–Trinajstić information content (AvgIpc) is 2.58. The number of hydrogen-bond donors (Lipinski definition) is 2. The van der Waals surface area contributed by atoms with Crippen LogP contribution in [-0.2, 0) is 22.6 Å². The predicted molar refractivity (Wildman–Crippen MR) is 111 cm³/mol. The largest absolute Gasteiger partial charge is 0.411 e. The third kappa shape index (κ3) is 13.7. The molecule has 1 aromatic carbocycles. The molecular formula is C18H29F3IN3O2. The second-order valence-corrected chi connectivity index (χ2v) is 5.60. The van der Waals surface area contributed by atoms with Crippen molar-refractivity contribution >= 4 is 29.9 Å². The normalized spacial score (nSPS) is 11.8. The molecule has 0 spiro atoms. The first-order valence-corrected chi connectivity index (χ1v) is 8.76. The van der Waals surface area contributed by atoms with E-state index in [-0.39, 0.29) is 30.6 Å². The van der Waals surface area contributed by atoms with Crippen LogP contribution in [0.1, 0.15) is 31.4 Å². The smallest absolute Gasteiger partial charge is 0.382 e. The molecule has 0 fully saturated rings. The van der Waals surface area contributed by atoms with Crippen molar-refractivity contribution in [1.29, 1.82) is 0 Å². The molecule has 2 N–H and O–H groups in total. The molecule has 0 aliphatic rings. The van der Waals surface area contributed by atoms with Crippen LogP contribution >= 0.6 is 24.0 Å². The number of halogens is 4. The van der Waals surface area contributed by atoms with Crippen molar-refractivity contribution in [3.05, 3.63) is 35.4 Å². The third-order valence-corrected chi connectivity index (χ3v) is 3.25. The Labute approximate surface area is 176 Å². The van der Waals surface area contributed by atoms with E-state index in [1.54, 1.807) is 18.2 Å². The van der Waals surface area contributed by atoms with Gasteiger partial charge in [-0.2, -0.15) is 13.2 Å². The summed E-state index contributed by atoms with van der Waals surface area (Å²) >= 11 is 0. The Hall–Kier alpha value is -1.07. The second kappa shape index (κ2) is 14.9. The van der Waals surface area contributed by atoms with Gasteiger partial charge in [0.15, 0.2) is 5.96 Å². The summed E-state index contributed by atoms with van der Waals surface area (Å²) in [6.07, 6.45) is -3.43. The molecule has 0 aliphatic heterocycles. The number of nitrogens with zero attached hydrogens (tertiary/aromatic N) is 1. The van der Waals surface area contributed by atoms with Gasteiger partial charge in [-0.15, -0.1) is 24.0 Å². The quantitative estimate of drug-likeness (QED) is 0.209. The number of alkyl halides is 3. The lowest BCUT2D eigenvalue weighted by Crippen LogP contribution is -2.38. The Morgan fingerprint density at radius 1 is 1.11 bits per heavy atom. The van der Waals surface area contributed by atoms with Gasteiger partial charge in [0.05, 0.1) is 13.2 Å². The first-order valence-electron chi connectivity index (χ1n) is 8.76. The number of rotatable bonds is 11. The molecule has 0 heterocycles. The van der Waals surface area contributed by atoms with Gasteiger partial charge in [0, 0.05) is 26.3 Å². The summed E-state index contributed by atoms with van der Waals surface area (Å²) < 4.78 is 46.4. The standard InChI is InChI=1S/C18H28F3N3O2.HI/c1-3-22-17(23-9-6-10-25-4-2)24-12-15-7-5-8-16(11-15)13-26-14-18(19,20)21;/h5,7-8,11H,3-4,6,9-10,12-14H2,1-2H3,(H2,22,23,24);1H. The van der Waals surface area contributed by atoms with Gasteiger partial charge in [-0.1, -0.05) is 24.3 Å². The fraction of sp³-hybridized carbons (Fsp3) is 0.611. The molecule has 1 rings (SSSR count). The minimum absolute atomic E-state index is 0. The van der Waals surface area contributed by atoms with Gasteiger partial charge in [-0.05, 0) is 31.4 Å². The SMILES string of the molecule is CCNC(=NCc1cccc(COCC(F)(F)F)c1)NCCCOCC.I. The molecule has 5 nitrogen and oxygen atoms in total. The van der Waals surface area contributed by atoms with Crippen LogP contribution in [0, 0.1) is 0 Å². The summed E-state index contributed by atoms with van der Waals surface area (Å²) in [4.78, 5) is 4.49. The lowest BCUT2D eigenvalue weighted by molar-refractivity contribution is -0.176. The molecule has 0 aliphatic carbocycles.